The highest BCUT2D eigenvalue weighted by atomic mass is 16.5. The first-order chi connectivity index (χ1) is 9.70. The molecule has 0 aromatic carbocycles. The van der Waals surface area contributed by atoms with Crippen molar-refractivity contribution in [3.05, 3.63) is 60.5 Å². The molecule has 1 aliphatic heterocycles. The summed E-state index contributed by atoms with van der Waals surface area (Å²) in [5, 5.41) is 3.00. The van der Waals surface area contributed by atoms with Crippen molar-refractivity contribution in [3.8, 4) is 0 Å². The molecule has 20 heavy (non-hydrogen) atoms. The second kappa shape index (κ2) is 4.85. The fourth-order valence-corrected chi connectivity index (χ4v) is 2.03. The van der Waals surface area contributed by atoms with Gasteiger partial charge in [0.2, 0.25) is 0 Å². The Hall–Kier alpha value is -2.56. The highest BCUT2D eigenvalue weighted by molar-refractivity contribution is 5.68. The minimum absolute atomic E-state index is 0.450. The van der Waals surface area contributed by atoms with E-state index in [0.29, 0.717) is 12.4 Å². The van der Waals surface area contributed by atoms with Crippen LogP contribution in [0.25, 0.3) is 5.52 Å². The number of nitrogens with zero attached hydrogens (tertiary/aromatic N) is 2. The van der Waals surface area contributed by atoms with E-state index in [2.05, 4.69) is 10.3 Å². The first kappa shape index (κ1) is 12.5. The lowest BCUT2D eigenvalue weighted by atomic mass is 10.0. The number of imidazole rings is 1. The monoisotopic (exact) mass is 269 g/mol. The third-order valence-electron chi connectivity index (χ3n) is 3.30. The van der Waals surface area contributed by atoms with Crippen LogP contribution >= 0.6 is 0 Å². The van der Waals surface area contributed by atoms with Crippen LogP contribution in [0, 0.1) is 0 Å². The molecule has 0 radical (unpaired) electrons. The minimum atomic E-state index is -0.641. The SMILES string of the molecule is CC1(C=O)C=CC(OCc2cccn3cncc23)=CN1. The first-order valence-corrected chi connectivity index (χ1v) is 6.36. The Morgan fingerprint density at radius 1 is 1.55 bits per heavy atom. The fourth-order valence-electron chi connectivity index (χ4n) is 2.03. The minimum Gasteiger partial charge on any atom is -0.487 e. The van der Waals surface area contributed by atoms with Crippen LogP contribution in [-0.2, 0) is 16.1 Å². The van der Waals surface area contributed by atoms with Crippen LogP contribution in [0.15, 0.2) is 55.0 Å². The number of dihydropyridines is 1. The first-order valence-electron chi connectivity index (χ1n) is 6.36. The molecule has 2 aromatic rings. The average Bonchev–Trinajstić information content (AvgIpc) is 2.96. The van der Waals surface area contributed by atoms with Crippen molar-refractivity contribution in [1.29, 1.82) is 0 Å². The molecule has 1 unspecified atom stereocenters. The van der Waals surface area contributed by atoms with Crippen molar-refractivity contribution in [1.82, 2.24) is 14.7 Å². The molecular formula is C15H15N3O2. The molecular weight excluding hydrogens is 254 g/mol. The van der Waals surface area contributed by atoms with Crippen LogP contribution in [0.2, 0.25) is 0 Å². The molecule has 1 aliphatic rings. The normalized spacial score (nSPS) is 21.4. The predicted octanol–water partition coefficient (Wildman–Crippen LogP) is 1.81. The molecule has 0 saturated carbocycles. The van der Waals surface area contributed by atoms with E-state index < -0.39 is 5.54 Å². The molecule has 1 N–H and O–H groups in total. The zero-order valence-electron chi connectivity index (χ0n) is 11.1. The van der Waals surface area contributed by atoms with Crippen LogP contribution in [0.1, 0.15) is 12.5 Å². The molecule has 0 fully saturated rings. The maximum absolute atomic E-state index is 10.9. The van der Waals surface area contributed by atoms with Gasteiger partial charge in [-0.25, -0.2) is 4.98 Å². The molecule has 2 aromatic heterocycles. The molecule has 0 bridgehead atoms. The van der Waals surface area contributed by atoms with Gasteiger partial charge in [-0.1, -0.05) is 6.07 Å². The number of aromatic nitrogens is 2. The number of rotatable bonds is 4. The summed E-state index contributed by atoms with van der Waals surface area (Å²) in [7, 11) is 0. The average molecular weight is 269 g/mol. The molecule has 0 spiro atoms. The Morgan fingerprint density at radius 2 is 2.45 bits per heavy atom. The molecule has 102 valence electrons. The quantitative estimate of drug-likeness (QED) is 0.860. The topological polar surface area (TPSA) is 55.6 Å². The lowest BCUT2D eigenvalue weighted by Crippen LogP contribution is -2.40. The van der Waals surface area contributed by atoms with Crippen LogP contribution in [0.4, 0.5) is 0 Å². The maximum Gasteiger partial charge on any atom is 0.149 e. The number of hydrogen-bond donors (Lipinski definition) is 1. The Balaban J connectivity index is 1.71. The zero-order chi connectivity index (χ0) is 14.0. The number of aldehydes is 1. The molecule has 3 rings (SSSR count). The van der Waals surface area contributed by atoms with Crippen molar-refractivity contribution in [2.75, 3.05) is 0 Å². The van der Waals surface area contributed by atoms with E-state index in [1.54, 1.807) is 31.6 Å². The number of pyridine rings is 1. The van der Waals surface area contributed by atoms with Gasteiger partial charge in [0.05, 0.1) is 18.0 Å². The van der Waals surface area contributed by atoms with E-state index in [4.69, 9.17) is 4.74 Å². The van der Waals surface area contributed by atoms with Crippen molar-refractivity contribution < 1.29 is 9.53 Å². The number of fused-ring (bicyclic) bond motifs is 1. The summed E-state index contributed by atoms with van der Waals surface area (Å²) in [5.74, 6) is 0.700. The summed E-state index contributed by atoms with van der Waals surface area (Å²) in [6, 6.07) is 3.97. The second-order valence-corrected chi connectivity index (χ2v) is 4.93. The molecule has 0 amide bonds. The fraction of sp³-hybridized carbons (Fsp3) is 0.200. The van der Waals surface area contributed by atoms with E-state index in [9.17, 15) is 4.79 Å². The van der Waals surface area contributed by atoms with E-state index in [0.717, 1.165) is 17.4 Å². The second-order valence-electron chi connectivity index (χ2n) is 4.93. The summed E-state index contributed by atoms with van der Waals surface area (Å²) in [5.41, 5.74) is 1.44. The maximum atomic E-state index is 10.9. The van der Waals surface area contributed by atoms with Crippen molar-refractivity contribution in [2.24, 2.45) is 0 Å². The van der Waals surface area contributed by atoms with E-state index in [-0.39, 0.29) is 0 Å². The largest absolute Gasteiger partial charge is 0.487 e. The summed E-state index contributed by atoms with van der Waals surface area (Å²) in [6.07, 6.45) is 11.7. The van der Waals surface area contributed by atoms with Crippen LogP contribution in [-0.4, -0.2) is 21.2 Å². The number of nitrogens with one attached hydrogen (secondary N) is 1. The molecule has 5 heteroatoms. The van der Waals surface area contributed by atoms with Crippen LogP contribution < -0.4 is 5.32 Å². The lowest BCUT2D eigenvalue weighted by molar-refractivity contribution is -0.111. The number of hydrogen-bond acceptors (Lipinski definition) is 4. The Kier molecular flexibility index (Phi) is 3.02. The Morgan fingerprint density at radius 3 is 3.20 bits per heavy atom. The van der Waals surface area contributed by atoms with Crippen molar-refractivity contribution in [2.45, 2.75) is 19.1 Å². The van der Waals surface area contributed by atoms with Gasteiger partial charge in [-0.05, 0) is 25.1 Å². The molecule has 0 saturated heterocycles. The van der Waals surface area contributed by atoms with Gasteiger partial charge < -0.3 is 19.2 Å². The van der Waals surface area contributed by atoms with E-state index in [1.807, 2.05) is 28.9 Å². The smallest absolute Gasteiger partial charge is 0.149 e. The molecule has 5 nitrogen and oxygen atoms in total. The van der Waals surface area contributed by atoms with Gasteiger partial charge in [0.15, 0.2) is 0 Å². The van der Waals surface area contributed by atoms with Crippen molar-refractivity contribution in [3.63, 3.8) is 0 Å². The molecule has 1 atom stereocenters. The number of carbonyl (C=O) groups is 1. The van der Waals surface area contributed by atoms with Gasteiger partial charge in [-0.2, -0.15) is 0 Å². The van der Waals surface area contributed by atoms with Gasteiger partial charge in [-0.15, -0.1) is 0 Å². The summed E-state index contributed by atoms with van der Waals surface area (Å²) < 4.78 is 7.69. The lowest BCUT2D eigenvalue weighted by Gasteiger charge is -2.23. The number of allylic oxidation sites excluding steroid dienone is 1. The van der Waals surface area contributed by atoms with Gasteiger partial charge in [0.1, 0.15) is 24.2 Å². The van der Waals surface area contributed by atoms with Gasteiger partial charge in [-0.3, -0.25) is 0 Å². The van der Waals surface area contributed by atoms with Crippen molar-refractivity contribution >= 4 is 11.8 Å². The third-order valence-corrected chi connectivity index (χ3v) is 3.30. The van der Waals surface area contributed by atoms with E-state index >= 15 is 0 Å². The van der Waals surface area contributed by atoms with Gasteiger partial charge >= 0.3 is 0 Å². The highest BCUT2D eigenvalue weighted by Crippen LogP contribution is 2.16. The Labute approximate surface area is 116 Å². The van der Waals surface area contributed by atoms with E-state index in [1.165, 1.54) is 0 Å². The standard InChI is InChI=1S/C15H15N3O2/c1-15(10-19)5-4-13(7-17-15)20-9-12-3-2-6-18-11-16-8-14(12)18/h2-8,10-11,17H,9H2,1H3. The molecule has 3 heterocycles. The summed E-state index contributed by atoms with van der Waals surface area (Å²) in [6.45, 7) is 2.25. The predicted molar refractivity (Wildman–Crippen MR) is 74.8 cm³/mol. The summed E-state index contributed by atoms with van der Waals surface area (Å²) in [4.78, 5) is 15.0. The van der Waals surface area contributed by atoms with Gasteiger partial charge in [0, 0.05) is 18.0 Å². The van der Waals surface area contributed by atoms with Crippen LogP contribution in [0.5, 0.6) is 0 Å². The Bertz CT molecular complexity index is 702. The highest BCUT2D eigenvalue weighted by Gasteiger charge is 2.20. The molecule has 0 aliphatic carbocycles. The van der Waals surface area contributed by atoms with Gasteiger partial charge in [0.25, 0.3) is 0 Å². The number of ether oxygens (including phenoxy) is 1. The van der Waals surface area contributed by atoms with Crippen LogP contribution in [0.3, 0.4) is 0 Å². The summed E-state index contributed by atoms with van der Waals surface area (Å²) >= 11 is 0. The number of carbonyl (C=O) groups excluding carboxylic acids is 1. The zero-order valence-corrected chi connectivity index (χ0v) is 11.1. The third kappa shape index (κ3) is 2.30.